The van der Waals surface area contributed by atoms with Gasteiger partial charge < -0.3 is 5.32 Å². The predicted octanol–water partition coefficient (Wildman–Crippen LogP) is 2.32. The van der Waals surface area contributed by atoms with Crippen molar-refractivity contribution in [1.82, 2.24) is 5.32 Å². The highest BCUT2D eigenvalue weighted by Gasteiger charge is 2.23. The van der Waals surface area contributed by atoms with Crippen molar-refractivity contribution >= 4 is 0 Å². The molecule has 0 aromatic carbocycles. The van der Waals surface area contributed by atoms with E-state index in [1.807, 2.05) is 0 Å². The minimum absolute atomic E-state index is 0.322. The quantitative estimate of drug-likeness (QED) is 0.489. The molecule has 0 aromatic rings. The van der Waals surface area contributed by atoms with Crippen molar-refractivity contribution in [2.45, 2.75) is 51.0 Å². The lowest BCUT2D eigenvalue weighted by molar-refractivity contribution is 0.328. The van der Waals surface area contributed by atoms with Gasteiger partial charge in [0.2, 0.25) is 0 Å². The molecule has 0 radical (unpaired) electrons. The second kappa shape index (κ2) is 4.52. The Balaban J connectivity index is 2.38. The molecule has 1 rings (SSSR count). The highest BCUT2D eigenvalue weighted by atomic mass is 15.0. The van der Waals surface area contributed by atoms with Crippen molar-refractivity contribution in [3.63, 3.8) is 0 Å². The van der Waals surface area contributed by atoms with Gasteiger partial charge in [0.05, 0.1) is 6.54 Å². The lowest BCUT2D eigenvalue weighted by atomic mass is 9.93. The van der Waals surface area contributed by atoms with Crippen LogP contribution in [0, 0.1) is 12.3 Å². The molecular formula is C11H19N. The first-order valence-electron chi connectivity index (χ1n) is 4.95. The fourth-order valence-electron chi connectivity index (χ4n) is 1.95. The summed E-state index contributed by atoms with van der Waals surface area (Å²) in [4.78, 5) is 0. The molecule has 1 heteroatoms. The summed E-state index contributed by atoms with van der Waals surface area (Å²) in [5.41, 5.74) is 0.322. The summed E-state index contributed by atoms with van der Waals surface area (Å²) in [6.45, 7) is 3.02. The zero-order valence-corrected chi connectivity index (χ0v) is 8.03. The number of hydrogen-bond acceptors (Lipinski definition) is 1. The van der Waals surface area contributed by atoms with E-state index in [1.165, 1.54) is 38.5 Å². The van der Waals surface area contributed by atoms with Crippen molar-refractivity contribution in [3.05, 3.63) is 0 Å². The fraction of sp³-hybridized carbons (Fsp3) is 0.818. The van der Waals surface area contributed by atoms with E-state index in [0.29, 0.717) is 5.54 Å². The van der Waals surface area contributed by atoms with E-state index >= 15 is 0 Å². The van der Waals surface area contributed by atoms with Crippen LogP contribution in [-0.2, 0) is 0 Å². The summed E-state index contributed by atoms with van der Waals surface area (Å²) in [5.74, 6) is 2.65. The number of rotatable bonds is 2. The maximum Gasteiger partial charge on any atom is 0.0577 e. The third kappa shape index (κ3) is 2.87. The third-order valence-electron chi connectivity index (χ3n) is 2.82. The van der Waals surface area contributed by atoms with Crippen molar-refractivity contribution in [2.24, 2.45) is 0 Å². The summed E-state index contributed by atoms with van der Waals surface area (Å²) in [5, 5.41) is 3.45. The monoisotopic (exact) mass is 165 g/mol. The van der Waals surface area contributed by atoms with Crippen LogP contribution in [0.4, 0.5) is 0 Å². The fourth-order valence-corrected chi connectivity index (χ4v) is 1.95. The highest BCUT2D eigenvalue weighted by molar-refractivity contribution is 4.93. The molecule has 0 spiro atoms. The SMILES string of the molecule is C#CCNC1(C)CCCCCC1. The molecule has 1 fully saturated rings. The van der Waals surface area contributed by atoms with Crippen LogP contribution < -0.4 is 5.32 Å². The molecule has 1 N–H and O–H groups in total. The molecule has 1 aliphatic rings. The first kappa shape index (κ1) is 9.61. The Hall–Kier alpha value is -0.480. The van der Waals surface area contributed by atoms with Gasteiger partial charge in [0.1, 0.15) is 0 Å². The van der Waals surface area contributed by atoms with Crippen LogP contribution in [0.3, 0.4) is 0 Å². The second-order valence-electron chi connectivity index (χ2n) is 4.03. The maximum atomic E-state index is 5.23. The number of hydrogen-bond donors (Lipinski definition) is 1. The van der Waals surface area contributed by atoms with Crippen molar-refractivity contribution in [2.75, 3.05) is 6.54 Å². The van der Waals surface area contributed by atoms with E-state index in [1.54, 1.807) is 0 Å². The molecule has 1 saturated carbocycles. The molecule has 0 saturated heterocycles. The van der Waals surface area contributed by atoms with Crippen LogP contribution in [-0.4, -0.2) is 12.1 Å². The first-order valence-corrected chi connectivity index (χ1v) is 4.95. The first-order chi connectivity index (χ1) is 5.77. The zero-order chi connectivity index (χ0) is 8.86. The normalized spacial score (nSPS) is 22.7. The van der Waals surface area contributed by atoms with Gasteiger partial charge >= 0.3 is 0 Å². The average Bonchev–Trinajstić information content (AvgIpc) is 2.27. The van der Waals surface area contributed by atoms with Crippen LogP contribution in [0.25, 0.3) is 0 Å². The molecule has 12 heavy (non-hydrogen) atoms. The lowest BCUT2D eigenvalue weighted by Crippen LogP contribution is -2.41. The summed E-state index contributed by atoms with van der Waals surface area (Å²) in [6, 6.07) is 0. The van der Waals surface area contributed by atoms with Crippen LogP contribution >= 0.6 is 0 Å². The van der Waals surface area contributed by atoms with Crippen LogP contribution in [0.1, 0.15) is 45.4 Å². The van der Waals surface area contributed by atoms with Crippen LogP contribution in [0.2, 0.25) is 0 Å². The topological polar surface area (TPSA) is 12.0 Å². The molecule has 0 atom stereocenters. The largest absolute Gasteiger partial charge is 0.301 e. The molecular weight excluding hydrogens is 146 g/mol. The lowest BCUT2D eigenvalue weighted by Gasteiger charge is -2.28. The standard InChI is InChI=1S/C11H19N/c1-3-10-12-11(2)8-6-4-5-7-9-11/h1,12H,4-10H2,2H3. The second-order valence-corrected chi connectivity index (χ2v) is 4.03. The Labute approximate surface area is 75.9 Å². The van der Waals surface area contributed by atoms with Gasteiger partial charge in [-0.05, 0) is 19.8 Å². The van der Waals surface area contributed by atoms with Gasteiger partial charge in [-0.1, -0.05) is 31.6 Å². The predicted molar refractivity (Wildman–Crippen MR) is 52.9 cm³/mol. The summed E-state index contributed by atoms with van der Waals surface area (Å²) < 4.78 is 0. The molecule has 0 unspecified atom stereocenters. The van der Waals surface area contributed by atoms with Gasteiger partial charge in [0.25, 0.3) is 0 Å². The van der Waals surface area contributed by atoms with Gasteiger partial charge in [-0.15, -0.1) is 6.42 Å². The van der Waals surface area contributed by atoms with E-state index in [0.717, 1.165) is 6.54 Å². The number of terminal acetylenes is 1. The van der Waals surface area contributed by atoms with E-state index in [9.17, 15) is 0 Å². The Bertz CT molecular complexity index is 158. The Morgan fingerprint density at radius 2 is 1.83 bits per heavy atom. The maximum absolute atomic E-state index is 5.23. The minimum atomic E-state index is 0.322. The van der Waals surface area contributed by atoms with Crippen LogP contribution in [0.5, 0.6) is 0 Å². The van der Waals surface area contributed by atoms with Gasteiger partial charge in [0.15, 0.2) is 0 Å². The van der Waals surface area contributed by atoms with E-state index in [4.69, 9.17) is 6.42 Å². The van der Waals surface area contributed by atoms with Gasteiger partial charge in [-0.3, -0.25) is 0 Å². The van der Waals surface area contributed by atoms with Crippen molar-refractivity contribution in [1.29, 1.82) is 0 Å². The molecule has 68 valence electrons. The summed E-state index contributed by atoms with van der Waals surface area (Å²) >= 11 is 0. The Morgan fingerprint density at radius 1 is 1.25 bits per heavy atom. The molecule has 1 nitrogen and oxygen atoms in total. The molecule has 0 heterocycles. The molecule has 0 aliphatic heterocycles. The average molecular weight is 165 g/mol. The Morgan fingerprint density at radius 3 is 2.33 bits per heavy atom. The summed E-state index contributed by atoms with van der Waals surface area (Å²) in [7, 11) is 0. The van der Waals surface area contributed by atoms with Gasteiger partial charge in [-0.25, -0.2) is 0 Å². The van der Waals surface area contributed by atoms with E-state index < -0.39 is 0 Å². The van der Waals surface area contributed by atoms with Crippen molar-refractivity contribution < 1.29 is 0 Å². The molecule has 1 aliphatic carbocycles. The van der Waals surface area contributed by atoms with Gasteiger partial charge in [-0.2, -0.15) is 0 Å². The zero-order valence-electron chi connectivity index (χ0n) is 8.03. The smallest absolute Gasteiger partial charge is 0.0577 e. The Kier molecular flexibility index (Phi) is 3.62. The molecule has 0 bridgehead atoms. The summed E-state index contributed by atoms with van der Waals surface area (Å²) in [6.07, 6.45) is 13.3. The minimum Gasteiger partial charge on any atom is -0.301 e. The van der Waals surface area contributed by atoms with E-state index in [2.05, 4.69) is 18.2 Å². The van der Waals surface area contributed by atoms with Crippen molar-refractivity contribution in [3.8, 4) is 12.3 Å². The third-order valence-corrected chi connectivity index (χ3v) is 2.82. The van der Waals surface area contributed by atoms with E-state index in [-0.39, 0.29) is 0 Å². The number of nitrogens with one attached hydrogen (secondary N) is 1. The molecule has 0 amide bonds. The van der Waals surface area contributed by atoms with Gasteiger partial charge in [0, 0.05) is 5.54 Å². The van der Waals surface area contributed by atoms with Crippen LogP contribution in [0.15, 0.2) is 0 Å². The molecule has 0 aromatic heterocycles. The highest BCUT2D eigenvalue weighted by Crippen LogP contribution is 2.26.